The first-order valence-corrected chi connectivity index (χ1v) is 5.57. The number of halogens is 5. The molecule has 2 rings (SSSR count). The predicted octanol–water partition coefficient (Wildman–Crippen LogP) is 3.99. The number of alkyl halides is 3. The summed E-state index contributed by atoms with van der Waals surface area (Å²) >= 11 is 0. The number of nitrogens with zero attached hydrogens (tertiary/aromatic N) is 1. The van der Waals surface area contributed by atoms with Crippen molar-refractivity contribution in [3.63, 3.8) is 0 Å². The zero-order valence-electron chi connectivity index (χ0n) is 10.0. The Morgan fingerprint density at radius 3 is 2.30 bits per heavy atom. The molecule has 0 unspecified atom stereocenters. The lowest BCUT2D eigenvalue weighted by molar-refractivity contribution is -0.137. The molecule has 0 bridgehead atoms. The van der Waals surface area contributed by atoms with E-state index in [2.05, 4.69) is 10.3 Å². The van der Waals surface area contributed by atoms with Crippen LogP contribution in [0.2, 0.25) is 0 Å². The fourth-order valence-electron chi connectivity index (χ4n) is 1.51. The van der Waals surface area contributed by atoms with Crippen molar-refractivity contribution in [3.05, 3.63) is 59.3 Å². The van der Waals surface area contributed by atoms with Crippen LogP contribution >= 0.6 is 0 Å². The van der Waals surface area contributed by atoms with Crippen LogP contribution in [0.4, 0.5) is 27.8 Å². The first-order chi connectivity index (χ1) is 9.36. The Morgan fingerprint density at radius 2 is 1.75 bits per heavy atom. The summed E-state index contributed by atoms with van der Waals surface area (Å²) in [5.41, 5.74) is -0.401. The van der Waals surface area contributed by atoms with Gasteiger partial charge in [0.2, 0.25) is 0 Å². The van der Waals surface area contributed by atoms with E-state index in [1.165, 1.54) is 12.1 Å². The van der Waals surface area contributed by atoms with Crippen molar-refractivity contribution in [1.82, 2.24) is 4.98 Å². The number of hydrogen-bond acceptors (Lipinski definition) is 2. The van der Waals surface area contributed by atoms with E-state index >= 15 is 0 Å². The van der Waals surface area contributed by atoms with Crippen molar-refractivity contribution in [2.75, 3.05) is 5.32 Å². The third kappa shape index (κ3) is 3.43. The van der Waals surface area contributed by atoms with Gasteiger partial charge >= 0.3 is 6.18 Å². The van der Waals surface area contributed by atoms with Crippen LogP contribution in [0.3, 0.4) is 0 Å². The van der Waals surface area contributed by atoms with E-state index in [1.54, 1.807) is 0 Å². The quantitative estimate of drug-likeness (QED) is 0.864. The highest BCUT2D eigenvalue weighted by atomic mass is 19.4. The molecule has 0 saturated heterocycles. The molecule has 0 amide bonds. The molecule has 0 fully saturated rings. The summed E-state index contributed by atoms with van der Waals surface area (Å²) in [5, 5.41) is 2.72. The number of aromatic nitrogens is 1. The molecule has 1 aromatic heterocycles. The maximum absolute atomic E-state index is 12.9. The Labute approximate surface area is 111 Å². The number of nitrogens with one attached hydrogen (secondary N) is 1. The van der Waals surface area contributed by atoms with Crippen LogP contribution in [-0.4, -0.2) is 4.98 Å². The average Bonchev–Trinajstić information content (AvgIpc) is 2.40. The Bertz CT molecular complexity index is 593. The van der Waals surface area contributed by atoms with Gasteiger partial charge < -0.3 is 5.32 Å². The second-order valence-corrected chi connectivity index (χ2v) is 4.03. The highest BCUT2D eigenvalue weighted by molar-refractivity contribution is 5.37. The zero-order chi connectivity index (χ0) is 14.8. The number of hydrogen-bond donors (Lipinski definition) is 1. The Balaban J connectivity index is 2.02. The normalized spacial score (nSPS) is 11.4. The van der Waals surface area contributed by atoms with Gasteiger partial charge in [-0.3, -0.25) is 0 Å². The van der Waals surface area contributed by atoms with Gasteiger partial charge in [0.05, 0.1) is 5.56 Å². The van der Waals surface area contributed by atoms with E-state index in [1.807, 2.05) is 0 Å². The van der Waals surface area contributed by atoms with Gasteiger partial charge in [-0.2, -0.15) is 13.2 Å². The number of pyridine rings is 1. The molecular weight excluding hydrogens is 279 g/mol. The van der Waals surface area contributed by atoms with Gasteiger partial charge in [0, 0.05) is 12.7 Å². The Hall–Kier alpha value is -2.18. The van der Waals surface area contributed by atoms with Crippen molar-refractivity contribution in [2.24, 2.45) is 0 Å². The maximum Gasteiger partial charge on any atom is 0.417 e. The van der Waals surface area contributed by atoms with Gasteiger partial charge in [0.1, 0.15) is 5.82 Å². The van der Waals surface area contributed by atoms with E-state index in [0.29, 0.717) is 11.8 Å². The summed E-state index contributed by atoms with van der Waals surface area (Å²) < 4.78 is 62.6. The fourth-order valence-corrected chi connectivity index (χ4v) is 1.51. The van der Waals surface area contributed by atoms with Crippen LogP contribution in [0.15, 0.2) is 36.5 Å². The van der Waals surface area contributed by atoms with E-state index in [0.717, 1.165) is 18.2 Å². The molecule has 0 aliphatic heterocycles. The van der Waals surface area contributed by atoms with Crippen molar-refractivity contribution in [3.8, 4) is 0 Å². The molecule has 0 aliphatic rings. The highest BCUT2D eigenvalue weighted by Gasteiger charge is 2.30. The molecule has 1 N–H and O–H groups in total. The van der Waals surface area contributed by atoms with Crippen LogP contribution < -0.4 is 5.32 Å². The van der Waals surface area contributed by atoms with Crippen LogP contribution in [-0.2, 0) is 12.7 Å². The molecule has 20 heavy (non-hydrogen) atoms. The molecule has 0 saturated carbocycles. The zero-order valence-corrected chi connectivity index (χ0v) is 10.0. The molecule has 0 atom stereocenters. The van der Waals surface area contributed by atoms with Crippen molar-refractivity contribution < 1.29 is 22.0 Å². The summed E-state index contributed by atoms with van der Waals surface area (Å²) in [7, 11) is 0. The molecule has 7 heteroatoms. The smallest absolute Gasteiger partial charge is 0.366 e. The lowest BCUT2D eigenvalue weighted by Crippen LogP contribution is -2.07. The number of benzene rings is 1. The standard InChI is InChI=1S/C13H9F5N2/c14-10-3-1-8(5-11(10)15)6-19-12-4-2-9(7-20-12)13(16,17)18/h1-5,7H,6H2,(H,19,20). The minimum Gasteiger partial charge on any atom is -0.366 e. The minimum absolute atomic E-state index is 0.121. The van der Waals surface area contributed by atoms with Gasteiger partial charge in [-0.25, -0.2) is 13.8 Å². The molecule has 0 spiro atoms. The molecule has 1 aromatic carbocycles. The molecule has 1 heterocycles. The predicted molar refractivity (Wildman–Crippen MR) is 62.9 cm³/mol. The SMILES string of the molecule is Fc1ccc(CNc2ccc(C(F)(F)F)cn2)cc1F. The van der Waals surface area contributed by atoms with E-state index in [9.17, 15) is 22.0 Å². The van der Waals surface area contributed by atoms with Gasteiger partial charge in [-0.1, -0.05) is 6.07 Å². The van der Waals surface area contributed by atoms with Crippen LogP contribution in [0.5, 0.6) is 0 Å². The number of rotatable bonds is 3. The van der Waals surface area contributed by atoms with E-state index < -0.39 is 23.4 Å². The van der Waals surface area contributed by atoms with Crippen molar-refractivity contribution in [2.45, 2.75) is 12.7 Å². The second-order valence-electron chi connectivity index (χ2n) is 4.03. The highest BCUT2D eigenvalue weighted by Crippen LogP contribution is 2.28. The molecule has 0 radical (unpaired) electrons. The first kappa shape index (κ1) is 14.2. The average molecular weight is 288 g/mol. The molecule has 2 nitrogen and oxygen atoms in total. The molecule has 2 aromatic rings. The van der Waals surface area contributed by atoms with Crippen LogP contribution in [0.25, 0.3) is 0 Å². The number of anilines is 1. The summed E-state index contributed by atoms with van der Waals surface area (Å²) in [6.45, 7) is 0.121. The Kier molecular flexibility index (Phi) is 3.87. The van der Waals surface area contributed by atoms with E-state index in [4.69, 9.17) is 0 Å². The largest absolute Gasteiger partial charge is 0.417 e. The third-order valence-corrected chi connectivity index (χ3v) is 2.55. The lowest BCUT2D eigenvalue weighted by atomic mass is 10.2. The van der Waals surface area contributed by atoms with Crippen molar-refractivity contribution >= 4 is 5.82 Å². The monoisotopic (exact) mass is 288 g/mol. The first-order valence-electron chi connectivity index (χ1n) is 5.57. The van der Waals surface area contributed by atoms with Crippen molar-refractivity contribution in [1.29, 1.82) is 0 Å². The molecule has 106 valence electrons. The summed E-state index contributed by atoms with van der Waals surface area (Å²) in [6.07, 6.45) is -3.74. The maximum atomic E-state index is 12.9. The molecular formula is C13H9F5N2. The topological polar surface area (TPSA) is 24.9 Å². The third-order valence-electron chi connectivity index (χ3n) is 2.55. The Morgan fingerprint density at radius 1 is 1.00 bits per heavy atom. The van der Waals surface area contributed by atoms with E-state index in [-0.39, 0.29) is 12.4 Å². The fraction of sp³-hybridized carbons (Fsp3) is 0.154. The van der Waals surface area contributed by atoms with Crippen LogP contribution in [0, 0.1) is 11.6 Å². The van der Waals surface area contributed by atoms with Gasteiger partial charge in [-0.15, -0.1) is 0 Å². The van der Waals surface area contributed by atoms with Gasteiger partial charge in [0.25, 0.3) is 0 Å². The van der Waals surface area contributed by atoms with Gasteiger partial charge in [0.15, 0.2) is 11.6 Å². The van der Waals surface area contributed by atoms with Gasteiger partial charge in [-0.05, 0) is 29.8 Å². The molecule has 0 aliphatic carbocycles. The summed E-state index contributed by atoms with van der Waals surface area (Å²) in [5.74, 6) is -1.73. The summed E-state index contributed by atoms with van der Waals surface area (Å²) in [4.78, 5) is 3.60. The summed E-state index contributed by atoms with van der Waals surface area (Å²) in [6, 6.07) is 5.41. The second kappa shape index (κ2) is 5.44. The lowest BCUT2D eigenvalue weighted by Gasteiger charge is -2.09. The van der Waals surface area contributed by atoms with Crippen LogP contribution in [0.1, 0.15) is 11.1 Å². The minimum atomic E-state index is -4.44.